The van der Waals surface area contributed by atoms with Crippen molar-refractivity contribution in [1.82, 2.24) is 19.5 Å². The second-order valence-corrected chi connectivity index (χ2v) is 7.38. The van der Waals surface area contributed by atoms with Crippen molar-refractivity contribution >= 4 is 11.2 Å². The first-order chi connectivity index (χ1) is 13.4. The Labute approximate surface area is 162 Å². The van der Waals surface area contributed by atoms with Crippen LogP contribution in [0.2, 0.25) is 0 Å². The molecule has 2 N–H and O–H groups in total. The van der Waals surface area contributed by atoms with Gasteiger partial charge in [-0.25, -0.2) is 9.97 Å². The first kappa shape index (κ1) is 18.8. The molecule has 148 valence electrons. The molecular weight excluding hydrogens is 360 g/mol. The lowest BCUT2D eigenvalue weighted by molar-refractivity contribution is -0.0299. The van der Waals surface area contributed by atoms with Crippen LogP contribution in [0.25, 0.3) is 11.2 Å². The highest BCUT2D eigenvalue weighted by molar-refractivity contribution is 5.76. The van der Waals surface area contributed by atoms with E-state index in [1.165, 1.54) is 29.3 Å². The van der Waals surface area contributed by atoms with Crippen LogP contribution < -0.4 is 4.74 Å². The van der Waals surface area contributed by atoms with Crippen molar-refractivity contribution in [2.45, 2.75) is 58.8 Å². The second-order valence-electron chi connectivity index (χ2n) is 7.38. The molecule has 1 aliphatic rings. The van der Waals surface area contributed by atoms with Crippen LogP contribution in [0.1, 0.15) is 35.4 Å². The molecule has 8 nitrogen and oxygen atoms in total. The topological polar surface area (TPSA) is 103 Å². The lowest BCUT2D eigenvalue weighted by atomic mass is 10.0. The molecule has 1 aromatic carbocycles. The van der Waals surface area contributed by atoms with E-state index in [1.54, 1.807) is 11.5 Å². The summed E-state index contributed by atoms with van der Waals surface area (Å²) in [6.45, 7) is 8.28. The summed E-state index contributed by atoms with van der Waals surface area (Å²) >= 11 is 0. The number of benzene rings is 1. The van der Waals surface area contributed by atoms with Crippen molar-refractivity contribution in [3.63, 3.8) is 0 Å². The summed E-state index contributed by atoms with van der Waals surface area (Å²) in [5.74, 6) is 0.365. The van der Waals surface area contributed by atoms with E-state index in [-0.39, 0.29) is 0 Å². The first-order valence-electron chi connectivity index (χ1n) is 9.25. The van der Waals surface area contributed by atoms with Gasteiger partial charge in [0.2, 0.25) is 5.88 Å². The fourth-order valence-electron chi connectivity index (χ4n) is 3.76. The molecule has 0 amide bonds. The number of nitrogens with zero attached hydrogens (tertiary/aromatic N) is 4. The Morgan fingerprint density at radius 2 is 1.79 bits per heavy atom. The van der Waals surface area contributed by atoms with Crippen LogP contribution in [0.5, 0.6) is 5.88 Å². The molecule has 0 aliphatic carbocycles. The normalized spacial score (nSPS) is 24.8. The Bertz CT molecular complexity index is 996. The van der Waals surface area contributed by atoms with Crippen LogP contribution in [0, 0.1) is 20.8 Å². The minimum absolute atomic E-state index is 0.365. The molecule has 3 heterocycles. The fourth-order valence-corrected chi connectivity index (χ4v) is 3.76. The van der Waals surface area contributed by atoms with E-state index < -0.39 is 24.5 Å². The van der Waals surface area contributed by atoms with Gasteiger partial charge in [0.15, 0.2) is 17.4 Å². The maximum Gasteiger partial charge on any atom is 0.245 e. The van der Waals surface area contributed by atoms with Crippen molar-refractivity contribution in [1.29, 1.82) is 0 Å². The predicted octanol–water partition coefficient (Wildman–Crippen LogP) is 1.97. The van der Waals surface area contributed by atoms with E-state index in [9.17, 15) is 10.2 Å². The van der Waals surface area contributed by atoms with Gasteiger partial charge in [-0.2, -0.15) is 4.98 Å². The number of hydrogen-bond donors (Lipinski definition) is 2. The molecule has 8 heteroatoms. The lowest BCUT2D eigenvalue weighted by Crippen LogP contribution is -2.30. The Morgan fingerprint density at radius 3 is 2.43 bits per heavy atom. The highest BCUT2D eigenvalue weighted by Gasteiger charge is 2.42. The van der Waals surface area contributed by atoms with Gasteiger partial charge in [-0.15, -0.1) is 0 Å². The summed E-state index contributed by atoms with van der Waals surface area (Å²) in [6.07, 6.45) is -0.363. The van der Waals surface area contributed by atoms with Gasteiger partial charge >= 0.3 is 0 Å². The van der Waals surface area contributed by atoms with Crippen molar-refractivity contribution < 1.29 is 19.7 Å². The summed E-state index contributed by atoms with van der Waals surface area (Å²) in [6, 6.07) is 4.25. The van der Waals surface area contributed by atoms with Crippen LogP contribution in [0.15, 0.2) is 24.8 Å². The quantitative estimate of drug-likeness (QED) is 0.709. The monoisotopic (exact) mass is 384 g/mol. The number of fused-ring (bicyclic) bond motifs is 1. The van der Waals surface area contributed by atoms with Crippen molar-refractivity contribution in [3.05, 3.63) is 47.0 Å². The molecule has 4 atom stereocenters. The molecule has 3 aromatic rings. The summed E-state index contributed by atoms with van der Waals surface area (Å²) in [4.78, 5) is 12.9. The van der Waals surface area contributed by atoms with Gasteiger partial charge in [0.1, 0.15) is 25.1 Å². The average Bonchev–Trinajstić information content (AvgIpc) is 3.18. The number of aliphatic hydroxyl groups excluding tert-OH is 2. The Hall–Kier alpha value is -2.55. The smallest absolute Gasteiger partial charge is 0.245 e. The molecule has 0 unspecified atom stereocenters. The predicted molar refractivity (Wildman–Crippen MR) is 102 cm³/mol. The molecule has 2 aromatic heterocycles. The van der Waals surface area contributed by atoms with E-state index in [2.05, 4.69) is 47.9 Å². The van der Waals surface area contributed by atoms with Crippen molar-refractivity contribution in [3.8, 4) is 5.88 Å². The van der Waals surface area contributed by atoms with Crippen LogP contribution in [-0.2, 0) is 11.3 Å². The van der Waals surface area contributed by atoms with Gasteiger partial charge in [-0.1, -0.05) is 17.7 Å². The number of aromatic nitrogens is 4. The van der Waals surface area contributed by atoms with Crippen molar-refractivity contribution in [2.24, 2.45) is 0 Å². The third kappa shape index (κ3) is 3.13. The molecule has 4 rings (SSSR count). The molecule has 1 fully saturated rings. The Morgan fingerprint density at radius 1 is 1.07 bits per heavy atom. The van der Waals surface area contributed by atoms with Crippen LogP contribution in [0.4, 0.5) is 0 Å². The van der Waals surface area contributed by atoms with E-state index in [0.29, 0.717) is 23.7 Å². The minimum atomic E-state index is -1.07. The van der Waals surface area contributed by atoms with Gasteiger partial charge in [0.05, 0.1) is 12.4 Å². The van der Waals surface area contributed by atoms with E-state index in [0.717, 1.165) is 5.56 Å². The van der Waals surface area contributed by atoms with Gasteiger partial charge in [-0.05, 0) is 44.4 Å². The maximum atomic E-state index is 10.3. The molecule has 0 bridgehead atoms. The maximum absolute atomic E-state index is 10.3. The van der Waals surface area contributed by atoms with Crippen LogP contribution in [0.3, 0.4) is 0 Å². The number of aliphatic hydroxyl groups is 2. The molecule has 0 saturated carbocycles. The molecule has 28 heavy (non-hydrogen) atoms. The van der Waals surface area contributed by atoms with E-state index >= 15 is 0 Å². The number of rotatable bonds is 4. The molecular formula is C20H24N4O4. The van der Waals surface area contributed by atoms with E-state index in [1.807, 2.05) is 0 Å². The number of hydrogen-bond acceptors (Lipinski definition) is 7. The number of imidazole rings is 1. The third-order valence-corrected chi connectivity index (χ3v) is 5.27. The van der Waals surface area contributed by atoms with Crippen LogP contribution >= 0.6 is 0 Å². The molecule has 0 spiro atoms. The first-order valence-corrected chi connectivity index (χ1v) is 9.25. The molecule has 0 radical (unpaired) electrons. The van der Waals surface area contributed by atoms with Gasteiger partial charge in [0, 0.05) is 0 Å². The fraction of sp³-hybridized carbons (Fsp3) is 0.450. The van der Waals surface area contributed by atoms with Crippen molar-refractivity contribution in [2.75, 3.05) is 0 Å². The zero-order valence-corrected chi connectivity index (χ0v) is 16.3. The summed E-state index contributed by atoms with van der Waals surface area (Å²) < 4.78 is 13.2. The highest BCUT2D eigenvalue weighted by atomic mass is 16.6. The molecule has 1 aliphatic heterocycles. The summed E-state index contributed by atoms with van der Waals surface area (Å²) in [5.41, 5.74) is 5.62. The summed E-state index contributed by atoms with van der Waals surface area (Å²) in [5, 5.41) is 20.2. The zero-order valence-electron chi connectivity index (χ0n) is 16.3. The van der Waals surface area contributed by atoms with Gasteiger partial charge < -0.3 is 19.7 Å². The number of ether oxygens (including phenoxy) is 2. The summed E-state index contributed by atoms with van der Waals surface area (Å²) in [7, 11) is 0. The van der Waals surface area contributed by atoms with E-state index in [4.69, 9.17) is 9.47 Å². The zero-order chi connectivity index (χ0) is 20.0. The average molecular weight is 384 g/mol. The number of aryl methyl sites for hydroxylation is 3. The van der Waals surface area contributed by atoms with Gasteiger partial charge in [-0.3, -0.25) is 4.57 Å². The van der Waals surface area contributed by atoms with Crippen LogP contribution in [-0.4, -0.2) is 48.0 Å². The third-order valence-electron chi connectivity index (χ3n) is 5.27. The Balaban J connectivity index is 1.63. The lowest BCUT2D eigenvalue weighted by Gasteiger charge is -2.16. The highest BCUT2D eigenvalue weighted by Crippen LogP contribution is 2.32. The van der Waals surface area contributed by atoms with Gasteiger partial charge in [0.25, 0.3) is 0 Å². The largest absolute Gasteiger partial charge is 0.471 e. The standard InChI is InChI=1S/C20H24N4O4/c1-10-5-11(2)14(12(3)6-10)7-27-19-15-18(21-8-22-19)24(9-23-15)20-17(26)16(25)13(4)28-20/h5-6,8-9,13,16-17,20,25-26H,7H2,1-4H3/t13-,16-,17-,20-/m1/s1. The minimum Gasteiger partial charge on any atom is -0.471 e. The molecule has 1 saturated heterocycles. The second kappa shape index (κ2) is 7.12. The SMILES string of the molecule is Cc1cc(C)c(COc2ncnc3c2ncn3[C@@H]2O[C@H](C)[C@@H](O)[C@H]2O)c(C)c1. The Kier molecular flexibility index (Phi) is 4.78.